The summed E-state index contributed by atoms with van der Waals surface area (Å²) in [7, 11) is 0. The maximum atomic E-state index is 15.3. The number of aromatic carboxylic acids is 1. The van der Waals surface area contributed by atoms with Crippen molar-refractivity contribution in [3.63, 3.8) is 0 Å². The summed E-state index contributed by atoms with van der Waals surface area (Å²) in [5.41, 5.74) is 6.72. The molecule has 0 spiro atoms. The molecular weight excluding hydrogens is 485 g/mol. The number of hydrogen-bond donors (Lipinski definition) is 2. The highest BCUT2D eigenvalue weighted by molar-refractivity contribution is 5.95. The number of anilines is 2. The number of carboxylic acids is 1. The molecule has 3 aromatic rings. The monoisotopic (exact) mass is 509 g/mol. The van der Waals surface area contributed by atoms with Crippen LogP contribution in [0.1, 0.15) is 34.8 Å². The largest absolute Gasteiger partial charge is 0.477 e. The van der Waals surface area contributed by atoms with Gasteiger partial charge in [-0.1, -0.05) is 6.07 Å². The molecule has 2 aliphatic heterocycles. The number of aromatic nitrogens is 2. The van der Waals surface area contributed by atoms with E-state index in [1.54, 1.807) is 17.9 Å². The number of fused-ring (bicyclic) bond motifs is 2. The number of cyclic esters (lactones) is 1. The highest BCUT2D eigenvalue weighted by Crippen LogP contribution is 2.30. The van der Waals surface area contributed by atoms with Gasteiger partial charge in [0.2, 0.25) is 5.43 Å². The minimum Gasteiger partial charge on any atom is -0.477 e. The minimum atomic E-state index is -1.38. The van der Waals surface area contributed by atoms with Crippen molar-refractivity contribution < 1.29 is 28.6 Å². The zero-order valence-electron chi connectivity index (χ0n) is 19.9. The van der Waals surface area contributed by atoms with Crippen molar-refractivity contribution in [2.24, 2.45) is 5.73 Å². The van der Waals surface area contributed by atoms with E-state index in [1.165, 1.54) is 15.7 Å². The highest BCUT2D eigenvalue weighted by atomic mass is 19.1. The lowest BCUT2D eigenvalue weighted by Crippen LogP contribution is -2.32. The number of nitrogens with two attached hydrogens (primary N) is 1. The second-order valence-corrected chi connectivity index (χ2v) is 8.99. The number of benzene rings is 1. The van der Waals surface area contributed by atoms with Crippen LogP contribution >= 0.6 is 0 Å². The number of primary amides is 1. The van der Waals surface area contributed by atoms with Gasteiger partial charge in [-0.05, 0) is 49.1 Å². The number of ether oxygens (including phenoxy) is 1. The summed E-state index contributed by atoms with van der Waals surface area (Å²) in [6, 6.07) is 6.49. The molecule has 5 rings (SSSR count). The van der Waals surface area contributed by atoms with Gasteiger partial charge in [0.15, 0.2) is 17.7 Å². The highest BCUT2D eigenvalue weighted by Gasteiger charge is 2.36. The van der Waals surface area contributed by atoms with Gasteiger partial charge in [-0.25, -0.2) is 19.0 Å². The van der Waals surface area contributed by atoms with Crippen molar-refractivity contribution in [1.29, 1.82) is 0 Å². The maximum absolute atomic E-state index is 15.3. The van der Waals surface area contributed by atoms with Crippen LogP contribution in [-0.2, 0) is 29.0 Å². The van der Waals surface area contributed by atoms with E-state index in [0.717, 1.165) is 17.2 Å². The number of carbonyl (C=O) groups excluding carboxylic acids is 2. The Morgan fingerprint density at radius 1 is 1.24 bits per heavy atom. The Labute approximate surface area is 209 Å². The predicted molar refractivity (Wildman–Crippen MR) is 131 cm³/mol. The summed E-state index contributed by atoms with van der Waals surface area (Å²) in [6.07, 6.45) is 0.916. The lowest BCUT2D eigenvalue weighted by Gasteiger charge is -2.24. The fraction of sp³-hybridized carbons (Fsp3) is 0.320. The quantitative estimate of drug-likeness (QED) is 0.531. The molecule has 1 saturated heterocycles. The second kappa shape index (κ2) is 9.19. The second-order valence-electron chi connectivity index (χ2n) is 8.99. The number of aryl methyl sites for hydroxylation is 2. The van der Waals surface area contributed by atoms with Crippen molar-refractivity contribution in [2.75, 3.05) is 22.9 Å². The molecule has 1 aromatic carbocycles. The number of rotatable bonds is 5. The summed E-state index contributed by atoms with van der Waals surface area (Å²) in [5, 5.41) is 9.26. The molecule has 1 atom stereocenters. The van der Waals surface area contributed by atoms with E-state index in [0.29, 0.717) is 38.2 Å². The average Bonchev–Trinajstić information content (AvgIpc) is 3.13. The van der Waals surface area contributed by atoms with Gasteiger partial charge in [-0.2, -0.15) is 0 Å². The summed E-state index contributed by atoms with van der Waals surface area (Å²) >= 11 is 0. The fourth-order valence-electron chi connectivity index (χ4n) is 4.81. The molecule has 12 heteroatoms. The van der Waals surface area contributed by atoms with Gasteiger partial charge in [0.25, 0.3) is 5.91 Å². The van der Waals surface area contributed by atoms with Crippen LogP contribution < -0.4 is 21.0 Å². The zero-order chi connectivity index (χ0) is 26.4. The summed E-state index contributed by atoms with van der Waals surface area (Å²) in [4.78, 5) is 55.4. The smallest absolute Gasteiger partial charge is 0.415 e. The topological polar surface area (TPSA) is 148 Å². The van der Waals surface area contributed by atoms with Crippen LogP contribution in [0.3, 0.4) is 0 Å². The third-order valence-electron chi connectivity index (χ3n) is 6.72. The first-order valence-corrected chi connectivity index (χ1v) is 11.8. The number of halogens is 1. The molecule has 0 radical (unpaired) electrons. The fourth-order valence-corrected chi connectivity index (χ4v) is 4.81. The van der Waals surface area contributed by atoms with Gasteiger partial charge in [0.05, 0.1) is 11.9 Å². The molecule has 0 unspecified atom stereocenters. The third kappa shape index (κ3) is 4.24. The van der Waals surface area contributed by atoms with Crippen molar-refractivity contribution in [2.45, 2.75) is 39.0 Å². The van der Waals surface area contributed by atoms with E-state index >= 15 is 4.39 Å². The summed E-state index contributed by atoms with van der Waals surface area (Å²) in [6.45, 7) is 2.98. The minimum absolute atomic E-state index is 0.0357. The Bertz CT molecular complexity index is 1520. The predicted octanol–water partition coefficient (Wildman–Crippen LogP) is 2.02. The van der Waals surface area contributed by atoms with Crippen molar-refractivity contribution in [1.82, 2.24) is 9.55 Å². The van der Waals surface area contributed by atoms with Crippen LogP contribution in [0.5, 0.6) is 0 Å². The molecule has 0 bridgehead atoms. The van der Waals surface area contributed by atoms with E-state index in [9.17, 15) is 24.3 Å². The first kappa shape index (κ1) is 24.2. The van der Waals surface area contributed by atoms with Gasteiger partial charge in [-0.15, -0.1) is 0 Å². The normalized spacial score (nSPS) is 17.5. The summed E-state index contributed by atoms with van der Waals surface area (Å²) < 4.78 is 21.8. The zero-order valence-corrected chi connectivity index (χ0v) is 19.9. The van der Waals surface area contributed by atoms with Gasteiger partial charge in [0.1, 0.15) is 11.2 Å². The Hall–Kier alpha value is -4.48. The van der Waals surface area contributed by atoms with E-state index in [-0.39, 0.29) is 23.4 Å². The van der Waals surface area contributed by atoms with E-state index in [1.807, 2.05) is 12.1 Å². The van der Waals surface area contributed by atoms with E-state index in [4.69, 9.17) is 10.5 Å². The number of pyridine rings is 2. The molecular formula is C25H24FN5O6. The molecule has 2 aliphatic rings. The van der Waals surface area contributed by atoms with Crippen molar-refractivity contribution in [3.8, 4) is 0 Å². The lowest BCUT2D eigenvalue weighted by atomic mass is 10.0. The van der Waals surface area contributed by atoms with Crippen LogP contribution in [0.4, 0.5) is 20.7 Å². The Morgan fingerprint density at radius 2 is 2.03 bits per heavy atom. The van der Waals surface area contributed by atoms with Gasteiger partial charge < -0.3 is 25.0 Å². The molecule has 2 aromatic heterocycles. The van der Waals surface area contributed by atoms with Crippen molar-refractivity contribution in [3.05, 3.63) is 63.2 Å². The standard InChI is InChI=1S/C25H24FN5O6/c1-2-29-11-17(24(34)35)20(32)16-9-18(26)23(28-22(16)29)30-7-3-4-13-8-15(6-5-14(13)10-30)31-12-19(21(27)33)37-25(31)36/h5-6,8-9,11,19H,2-4,7,10,12H2,1H3,(H2,27,33)(H,34,35)/t19-/m1/s1. The number of amides is 2. The van der Waals surface area contributed by atoms with Crippen molar-refractivity contribution >= 4 is 40.5 Å². The molecule has 11 nitrogen and oxygen atoms in total. The molecule has 0 aliphatic carbocycles. The average molecular weight is 509 g/mol. The molecule has 192 valence electrons. The third-order valence-corrected chi connectivity index (χ3v) is 6.72. The Balaban J connectivity index is 1.49. The van der Waals surface area contributed by atoms with Gasteiger partial charge in [0, 0.05) is 31.5 Å². The molecule has 37 heavy (non-hydrogen) atoms. The lowest BCUT2D eigenvalue weighted by molar-refractivity contribution is -0.124. The Morgan fingerprint density at radius 3 is 2.70 bits per heavy atom. The van der Waals surface area contributed by atoms with Crippen LogP contribution in [0.15, 0.2) is 35.3 Å². The van der Waals surface area contributed by atoms with E-state index < -0.39 is 40.9 Å². The first-order chi connectivity index (χ1) is 17.7. The van der Waals surface area contributed by atoms with Crippen LogP contribution in [0, 0.1) is 5.82 Å². The molecule has 1 fully saturated rings. The van der Waals surface area contributed by atoms with E-state index in [2.05, 4.69) is 4.98 Å². The molecule has 3 N–H and O–H groups in total. The molecule has 2 amide bonds. The SMILES string of the molecule is CCn1cc(C(=O)O)c(=O)c2cc(F)c(N3CCCc4cc(N5C[C@H](C(N)=O)OC5=O)ccc4C3)nc21. The number of hydrogen-bond acceptors (Lipinski definition) is 7. The van der Waals surface area contributed by atoms with Crippen LogP contribution in [0.25, 0.3) is 11.0 Å². The molecule has 0 saturated carbocycles. The van der Waals surface area contributed by atoms with Gasteiger partial charge >= 0.3 is 12.1 Å². The molecule has 4 heterocycles. The summed E-state index contributed by atoms with van der Waals surface area (Å²) in [5.74, 6) is -2.73. The first-order valence-electron chi connectivity index (χ1n) is 11.8. The van der Waals surface area contributed by atoms with Crippen LogP contribution in [-0.4, -0.2) is 51.8 Å². The van der Waals surface area contributed by atoms with Crippen LogP contribution in [0.2, 0.25) is 0 Å². The Kier molecular flexibility index (Phi) is 6.02. The number of nitrogens with zero attached hydrogens (tertiary/aromatic N) is 4. The number of carboxylic acid groups (broad SMARTS) is 1. The number of carbonyl (C=O) groups is 3. The van der Waals surface area contributed by atoms with Gasteiger partial charge in [-0.3, -0.25) is 14.5 Å². The maximum Gasteiger partial charge on any atom is 0.415 e.